The van der Waals surface area contributed by atoms with Crippen LogP contribution in [0.25, 0.3) is 0 Å². The lowest BCUT2D eigenvalue weighted by Crippen LogP contribution is -2.48. The summed E-state index contributed by atoms with van der Waals surface area (Å²) in [6, 6.07) is 0.907. The van der Waals surface area contributed by atoms with Crippen molar-refractivity contribution in [3.8, 4) is 0 Å². The van der Waals surface area contributed by atoms with Gasteiger partial charge in [-0.25, -0.2) is 0 Å². The van der Waals surface area contributed by atoms with E-state index < -0.39 is 0 Å². The number of rotatable bonds is 12. The van der Waals surface area contributed by atoms with Gasteiger partial charge in [-0.15, -0.1) is 0 Å². The Balaban J connectivity index is 1.80. The van der Waals surface area contributed by atoms with Crippen molar-refractivity contribution in [3.63, 3.8) is 0 Å². The molecule has 3 atom stereocenters. The minimum atomic E-state index is -0.140. The Morgan fingerprint density at radius 3 is 1.86 bits per heavy atom. The average molecular weight is 299 g/mol. The summed E-state index contributed by atoms with van der Waals surface area (Å²) in [6.07, 6.45) is 16.2. The van der Waals surface area contributed by atoms with Crippen molar-refractivity contribution in [2.75, 3.05) is 6.61 Å². The molecule has 0 aromatic rings. The van der Waals surface area contributed by atoms with Gasteiger partial charge in [-0.1, -0.05) is 57.8 Å². The van der Waals surface area contributed by atoms with Crippen LogP contribution in [-0.4, -0.2) is 35.0 Å². The van der Waals surface area contributed by atoms with Crippen molar-refractivity contribution >= 4 is 0 Å². The number of nitrogens with one attached hydrogen (secondary N) is 1. The van der Waals surface area contributed by atoms with Gasteiger partial charge >= 0.3 is 0 Å². The van der Waals surface area contributed by atoms with Crippen LogP contribution in [0.15, 0.2) is 0 Å². The van der Waals surface area contributed by atoms with Gasteiger partial charge in [0, 0.05) is 18.7 Å². The maximum Gasteiger partial charge on any atom is 0.0691 e. The lowest BCUT2D eigenvalue weighted by atomic mass is 9.93. The monoisotopic (exact) mass is 299 g/mol. The highest BCUT2D eigenvalue weighted by molar-refractivity contribution is 4.83. The highest BCUT2D eigenvalue weighted by atomic mass is 16.3. The van der Waals surface area contributed by atoms with E-state index in [4.69, 9.17) is 5.11 Å². The van der Waals surface area contributed by atoms with Crippen LogP contribution < -0.4 is 5.32 Å². The van der Waals surface area contributed by atoms with Gasteiger partial charge in [-0.2, -0.15) is 0 Å². The van der Waals surface area contributed by atoms with E-state index in [1.807, 2.05) is 0 Å². The normalized spacial score (nSPS) is 26.1. The van der Waals surface area contributed by atoms with Gasteiger partial charge in [0.1, 0.15) is 0 Å². The third-order valence-electron chi connectivity index (χ3n) is 4.85. The van der Waals surface area contributed by atoms with Crippen LogP contribution in [0.4, 0.5) is 0 Å². The minimum absolute atomic E-state index is 0.140. The zero-order valence-electron chi connectivity index (χ0n) is 14.0. The zero-order chi connectivity index (χ0) is 15.3. The van der Waals surface area contributed by atoms with Gasteiger partial charge in [0.25, 0.3) is 0 Å². The standard InChI is InChI=1S/C18H37NO2/c1-16-18(21)14-13-17(19-16)12-10-8-6-4-2-3-5-7-9-11-15-20/h16-21H,2-15H2,1H3. The van der Waals surface area contributed by atoms with E-state index >= 15 is 0 Å². The number of piperidine rings is 1. The second-order valence-corrected chi connectivity index (χ2v) is 6.84. The molecule has 0 amide bonds. The second kappa shape index (κ2) is 12.4. The summed E-state index contributed by atoms with van der Waals surface area (Å²) >= 11 is 0. The van der Waals surface area contributed by atoms with Crippen molar-refractivity contribution in [2.24, 2.45) is 0 Å². The Morgan fingerprint density at radius 1 is 0.810 bits per heavy atom. The van der Waals surface area contributed by atoms with E-state index in [-0.39, 0.29) is 12.1 Å². The minimum Gasteiger partial charge on any atom is -0.396 e. The van der Waals surface area contributed by atoms with Gasteiger partial charge in [0.2, 0.25) is 0 Å². The molecular formula is C18H37NO2. The van der Waals surface area contributed by atoms with Crippen LogP contribution in [-0.2, 0) is 0 Å². The molecule has 21 heavy (non-hydrogen) atoms. The largest absolute Gasteiger partial charge is 0.396 e. The molecule has 1 aliphatic heterocycles. The van der Waals surface area contributed by atoms with Gasteiger partial charge in [-0.05, 0) is 32.6 Å². The quantitative estimate of drug-likeness (QED) is 0.481. The maximum absolute atomic E-state index is 9.68. The third kappa shape index (κ3) is 9.49. The Kier molecular flexibility index (Phi) is 11.2. The summed E-state index contributed by atoms with van der Waals surface area (Å²) < 4.78 is 0. The molecule has 1 fully saturated rings. The molecule has 0 aliphatic carbocycles. The van der Waals surface area contributed by atoms with E-state index in [2.05, 4.69) is 12.2 Å². The summed E-state index contributed by atoms with van der Waals surface area (Å²) in [5.74, 6) is 0. The first-order valence-electron chi connectivity index (χ1n) is 9.29. The molecule has 0 aromatic heterocycles. The molecule has 126 valence electrons. The number of hydrogen-bond acceptors (Lipinski definition) is 3. The fourth-order valence-electron chi connectivity index (χ4n) is 3.33. The van der Waals surface area contributed by atoms with Gasteiger partial charge in [-0.3, -0.25) is 0 Å². The fourth-order valence-corrected chi connectivity index (χ4v) is 3.33. The van der Waals surface area contributed by atoms with E-state index in [1.54, 1.807) is 0 Å². The molecule has 0 radical (unpaired) electrons. The third-order valence-corrected chi connectivity index (χ3v) is 4.85. The first-order chi connectivity index (χ1) is 10.2. The molecule has 3 N–H and O–H groups in total. The highest BCUT2D eigenvalue weighted by Gasteiger charge is 2.24. The number of aliphatic hydroxyl groups excluding tert-OH is 2. The van der Waals surface area contributed by atoms with E-state index in [9.17, 15) is 5.11 Å². The Bertz CT molecular complexity index is 235. The molecule has 0 aromatic carbocycles. The average Bonchev–Trinajstić information content (AvgIpc) is 2.48. The van der Waals surface area contributed by atoms with Crippen LogP contribution in [0.2, 0.25) is 0 Å². The first-order valence-corrected chi connectivity index (χ1v) is 9.29. The highest BCUT2D eigenvalue weighted by Crippen LogP contribution is 2.18. The van der Waals surface area contributed by atoms with Gasteiger partial charge in [0.15, 0.2) is 0 Å². The molecular weight excluding hydrogens is 262 g/mol. The Labute approximate surface area is 131 Å². The molecule has 1 rings (SSSR count). The lowest BCUT2D eigenvalue weighted by Gasteiger charge is -2.32. The van der Waals surface area contributed by atoms with Gasteiger partial charge < -0.3 is 15.5 Å². The zero-order valence-corrected chi connectivity index (χ0v) is 14.0. The van der Waals surface area contributed by atoms with E-state index in [0.29, 0.717) is 12.6 Å². The molecule has 0 spiro atoms. The van der Waals surface area contributed by atoms with Crippen LogP contribution in [0, 0.1) is 0 Å². The predicted molar refractivity (Wildman–Crippen MR) is 89.5 cm³/mol. The molecule has 1 heterocycles. The van der Waals surface area contributed by atoms with Crippen molar-refractivity contribution in [2.45, 2.75) is 109 Å². The smallest absolute Gasteiger partial charge is 0.0691 e. The lowest BCUT2D eigenvalue weighted by molar-refractivity contribution is 0.0849. The van der Waals surface area contributed by atoms with Crippen LogP contribution in [0.3, 0.4) is 0 Å². The predicted octanol–water partition coefficient (Wildman–Crippen LogP) is 3.77. The molecule has 1 aliphatic rings. The second-order valence-electron chi connectivity index (χ2n) is 6.84. The van der Waals surface area contributed by atoms with Crippen LogP contribution >= 0.6 is 0 Å². The summed E-state index contributed by atoms with van der Waals surface area (Å²) in [5.41, 5.74) is 0. The molecule has 1 saturated heterocycles. The van der Waals surface area contributed by atoms with E-state index in [0.717, 1.165) is 19.3 Å². The first kappa shape index (κ1) is 18.9. The van der Waals surface area contributed by atoms with Crippen molar-refractivity contribution in [1.82, 2.24) is 5.32 Å². The molecule has 0 bridgehead atoms. The Morgan fingerprint density at radius 2 is 1.33 bits per heavy atom. The van der Waals surface area contributed by atoms with Crippen molar-refractivity contribution < 1.29 is 10.2 Å². The number of unbranched alkanes of at least 4 members (excludes halogenated alkanes) is 9. The van der Waals surface area contributed by atoms with Crippen molar-refractivity contribution in [3.05, 3.63) is 0 Å². The molecule has 0 saturated carbocycles. The fraction of sp³-hybridized carbons (Fsp3) is 1.00. The van der Waals surface area contributed by atoms with Crippen molar-refractivity contribution in [1.29, 1.82) is 0 Å². The van der Waals surface area contributed by atoms with E-state index in [1.165, 1.54) is 64.2 Å². The SMILES string of the molecule is CC1NC(CCCCCCCCCCCCO)CCC1O. The number of aliphatic hydroxyl groups is 2. The Hall–Kier alpha value is -0.120. The molecule has 3 unspecified atom stereocenters. The number of hydrogen-bond donors (Lipinski definition) is 3. The molecule has 3 heteroatoms. The topological polar surface area (TPSA) is 52.5 Å². The van der Waals surface area contributed by atoms with Crippen LogP contribution in [0.1, 0.15) is 90.4 Å². The summed E-state index contributed by atoms with van der Waals surface area (Å²) in [6.45, 7) is 2.45. The van der Waals surface area contributed by atoms with Crippen LogP contribution in [0.5, 0.6) is 0 Å². The summed E-state index contributed by atoms with van der Waals surface area (Å²) in [7, 11) is 0. The molecule has 3 nitrogen and oxygen atoms in total. The summed E-state index contributed by atoms with van der Waals surface area (Å²) in [5, 5.41) is 21.9. The van der Waals surface area contributed by atoms with Gasteiger partial charge in [0.05, 0.1) is 6.10 Å². The maximum atomic E-state index is 9.68. The summed E-state index contributed by atoms with van der Waals surface area (Å²) in [4.78, 5) is 0.